The molecule has 0 unspecified atom stereocenters. The van der Waals surface area contributed by atoms with Crippen molar-refractivity contribution in [1.82, 2.24) is 9.80 Å². The molecule has 1 saturated heterocycles. The van der Waals surface area contributed by atoms with Crippen molar-refractivity contribution in [2.24, 2.45) is 0 Å². The van der Waals surface area contributed by atoms with Gasteiger partial charge in [0, 0.05) is 26.2 Å². The lowest BCUT2D eigenvalue weighted by Gasteiger charge is -2.29. The summed E-state index contributed by atoms with van der Waals surface area (Å²) in [5.41, 5.74) is 5.00. The van der Waals surface area contributed by atoms with Gasteiger partial charge < -0.3 is 14.1 Å². The van der Waals surface area contributed by atoms with E-state index < -0.39 is 0 Å². The van der Waals surface area contributed by atoms with Crippen LogP contribution >= 0.6 is 0 Å². The molecular formula is C30H38N2O3. The van der Waals surface area contributed by atoms with Crippen molar-refractivity contribution >= 4 is 5.91 Å². The molecule has 0 radical (unpaired) electrons. The van der Waals surface area contributed by atoms with Gasteiger partial charge in [0.1, 0.15) is 11.5 Å². The summed E-state index contributed by atoms with van der Waals surface area (Å²) in [6.07, 6.45) is 3.16. The Labute approximate surface area is 209 Å². The van der Waals surface area contributed by atoms with E-state index in [-0.39, 0.29) is 12.0 Å². The predicted molar refractivity (Wildman–Crippen MR) is 139 cm³/mol. The lowest BCUT2D eigenvalue weighted by Crippen LogP contribution is -2.43. The van der Waals surface area contributed by atoms with E-state index in [9.17, 15) is 4.79 Å². The van der Waals surface area contributed by atoms with Gasteiger partial charge in [0.25, 0.3) is 0 Å². The van der Waals surface area contributed by atoms with Gasteiger partial charge in [-0.25, -0.2) is 0 Å². The summed E-state index contributed by atoms with van der Waals surface area (Å²) < 4.78 is 11.8. The monoisotopic (exact) mass is 474 g/mol. The summed E-state index contributed by atoms with van der Waals surface area (Å²) in [5, 5.41) is 0. The molecule has 1 amide bonds. The third kappa shape index (κ3) is 7.55. The zero-order valence-electron chi connectivity index (χ0n) is 21.3. The molecule has 2 aromatic carbocycles. The van der Waals surface area contributed by atoms with Gasteiger partial charge in [0.15, 0.2) is 0 Å². The van der Waals surface area contributed by atoms with Gasteiger partial charge in [0.05, 0.1) is 19.2 Å². The molecule has 0 N–H and O–H groups in total. The number of nitrogens with zero attached hydrogens (tertiary/aromatic N) is 2. The molecule has 0 saturated carbocycles. The molecule has 35 heavy (non-hydrogen) atoms. The van der Waals surface area contributed by atoms with E-state index in [4.69, 9.17) is 9.15 Å². The van der Waals surface area contributed by atoms with Crippen LogP contribution in [0.25, 0.3) is 0 Å². The van der Waals surface area contributed by atoms with Gasteiger partial charge in [-0.1, -0.05) is 54.1 Å². The molecule has 4 rings (SSSR count). The second-order valence-electron chi connectivity index (χ2n) is 9.80. The van der Waals surface area contributed by atoms with Crippen LogP contribution in [0.1, 0.15) is 46.6 Å². The number of hydrogen-bond acceptors (Lipinski definition) is 4. The number of hydrogen-bond donors (Lipinski definition) is 0. The molecule has 5 nitrogen and oxygen atoms in total. The van der Waals surface area contributed by atoms with E-state index in [0.29, 0.717) is 19.6 Å². The first kappa shape index (κ1) is 25.2. The summed E-state index contributed by atoms with van der Waals surface area (Å²) in [5.74, 6) is 1.81. The largest absolute Gasteiger partial charge is 0.464 e. The summed E-state index contributed by atoms with van der Waals surface area (Å²) in [6.45, 7) is 10.0. The molecule has 1 fully saturated rings. The number of amides is 1. The average Bonchev–Trinajstić information content (AvgIpc) is 3.51. The molecule has 1 aliphatic heterocycles. The Bertz CT molecular complexity index is 1090. The summed E-state index contributed by atoms with van der Waals surface area (Å²) in [4.78, 5) is 17.9. The van der Waals surface area contributed by atoms with Crippen molar-refractivity contribution in [3.63, 3.8) is 0 Å². The lowest BCUT2D eigenvalue weighted by atomic mass is 10.0. The third-order valence-electron chi connectivity index (χ3n) is 6.75. The third-order valence-corrected chi connectivity index (χ3v) is 6.75. The van der Waals surface area contributed by atoms with Crippen LogP contribution in [0.2, 0.25) is 0 Å². The minimum Gasteiger partial charge on any atom is -0.464 e. The first-order valence-electron chi connectivity index (χ1n) is 12.7. The standard InChI is InChI=1S/C30H38N2O3/c1-23-11-12-24(2)27(18-23)19-31(20-28-10-7-17-34-28)22-30(33)32(21-29-14-13-25(3)35-29)16-15-26-8-5-4-6-9-26/h4-6,8-9,11-14,18,28H,7,10,15-17,19-22H2,1-3H3/t28-/m1/s1. The number of furan rings is 1. The summed E-state index contributed by atoms with van der Waals surface area (Å²) in [7, 11) is 0. The van der Waals surface area contributed by atoms with E-state index in [2.05, 4.69) is 49.1 Å². The Morgan fingerprint density at radius 1 is 1.00 bits per heavy atom. The Balaban J connectivity index is 1.49. The minimum atomic E-state index is 0.123. The fraction of sp³-hybridized carbons (Fsp3) is 0.433. The topological polar surface area (TPSA) is 45.9 Å². The highest BCUT2D eigenvalue weighted by molar-refractivity contribution is 5.78. The highest BCUT2D eigenvalue weighted by Gasteiger charge is 2.24. The molecule has 1 aliphatic rings. The Hall–Kier alpha value is -2.89. The van der Waals surface area contributed by atoms with Gasteiger partial charge in [-0.2, -0.15) is 0 Å². The normalized spacial score (nSPS) is 15.6. The van der Waals surface area contributed by atoms with Gasteiger partial charge in [0.2, 0.25) is 5.91 Å². The van der Waals surface area contributed by atoms with E-state index in [1.54, 1.807) is 0 Å². The number of benzene rings is 2. The number of carbonyl (C=O) groups is 1. The molecule has 0 aliphatic carbocycles. The fourth-order valence-electron chi connectivity index (χ4n) is 4.72. The van der Waals surface area contributed by atoms with Crippen LogP contribution in [0.3, 0.4) is 0 Å². The Morgan fingerprint density at radius 2 is 1.83 bits per heavy atom. The minimum absolute atomic E-state index is 0.123. The van der Waals surface area contributed by atoms with Crippen molar-refractivity contribution < 1.29 is 13.9 Å². The van der Waals surface area contributed by atoms with Gasteiger partial charge >= 0.3 is 0 Å². The van der Waals surface area contributed by atoms with E-state index in [1.807, 2.05) is 42.2 Å². The Kier molecular flexibility index (Phi) is 8.78. The highest BCUT2D eigenvalue weighted by atomic mass is 16.5. The maximum absolute atomic E-state index is 13.7. The van der Waals surface area contributed by atoms with Crippen molar-refractivity contribution in [2.45, 2.75) is 59.2 Å². The van der Waals surface area contributed by atoms with Crippen LogP contribution in [0.5, 0.6) is 0 Å². The zero-order chi connectivity index (χ0) is 24.6. The maximum Gasteiger partial charge on any atom is 0.237 e. The maximum atomic E-state index is 13.7. The lowest BCUT2D eigenvalue weighted by molar-refractivity contribution is -0.133. The van der Waals surface area contributed by atoms with Crippen LogP contribution < -0.4 is 0 Å². The number of rotatable bonds is 11. The van der Waals surface area contributed by atoms with E-state index in [0.717, 1.165) is 50.5 Å². The van der Waals surface area contributed by atoms with Crippen LogP contribution in [0.15, 0.2) is 65.1 Å². The van der Waals surface area contributed by atoms with Crippen LogP contribution in [-0.4, -0.2) is 48.1 Å². The zero-order valence-corrected chi connectivity index (χ0v) is 21.3. The van der Waals surface area contributed by atoms with Crippen LogP contribution in [0.4, 0.5) is 0 Å². The second kappa shape index (κ2) is 12.2. The quantitative estimate of drug-likeness (QED) is 0.370. The predicted octanol–water partition coefficient (Wildman–Crippen LogP) is 5.46. The molecule has 3 aromatic rings. The summed E-state index contributed by atoms with van der Waals surface area (Å²) in [6, 6.07) is 20.8. The second-order valence-corrected chi connectivity index (χ2v) is 9.80. The van der Waals surface area contributed by atoms with Crippen molar-refractivity contribution in [3.8, 4) is 0 Å². The van der Waals surface area contributed by atoms with Crippen LogP contribution in [-0.2, 0) is 29.0 Å². The van der Waals surface area contributed by atoms with Gasteiger partial charge in [-0.05, 0) is 68.9 Å². The van der Waals surface area contributed by atoms with E-state index in [1.165, 1.54) is 22.3 Å². The fourth-order valence-corrected chi connectivity index (χ4v) is 4.72. The van der Waals surface area contributed by atoms with Crippen molar-refractivity contribution in [2.75, 3.05) is 26.2 Å². The molecule has 186 valence electrons. The smallest absolute Gasteiger partial charge is 0.237 e. The Morgan fingerprint density at radius 3 is 2.54 bits per heavy atom. The van der Waals surface area contributed by atoms with Gasteiger partial charge in [-0.3, -0.25) is 9.69 Å². The number of carbonyl (C=O) groups excluding carboxylic acids is 1. The molecule has 0 bridgehead atoms. The number of ether oxygens (including phenoxy) is 1. The highest BCUT2D eigenvalue weighted by Crippen LogP contribution is 2.19. The van der Waals surface area contributed by atoms with E-state index >= 15 is 0 Å². The SMILES string of the molecule is Cc1ccc(C)c(CN(CC(=O)N(CCc2ccccc2)Cc2ccc(C)o2)C[C@H]2CCCO2)c1. The first-order chi connectivity index (χ1) is 17.0. The first-order valence-corrected chi connectivity index (χ1v) is 12.7. The molecule has 1 aromatic heterocycles. The molecular weight excluding hydrogens is 436 g/mol. The van der Waals surface area contributed by atoms with Crippen molar-refractivity contribution in [3.05, 3.63) is 94.4 Å². The van der Waals surface area contributed by atoms with Crippen LogP contribution in [0, 0.1) is 20.8 Å². The van der Waals surface area contributed by atoms with Crippen molar-refractivity contribution in [1.29, 1.82) is 0 Å². The summed E-state index contributed by atoms with van der Waals surface area (Å²) >= 11 is 0. The molecule has 5 heteroatoms. The molecule has 0 spiro atoms. The average molecular weight is 475 g/mol. The molecule has 2 heterocycles. The number of aryl methyl sites for hydroxylation is 3. The molecule has 1 atom stereocenters. The van der Waals surface area contributed by atoms with Gasteiger partial charge in [-0.15, -0.1) is 0 Å².